The summed E-state index contributed by atoms with van der Waals surface area (Å²) in [6.07, 6.45) is 0. The third-order valence-electron chi connectivity index (χ3n) is 0. The molecule has 0 heterocycles. The minimum atomic E-state index is 1.29. The average Bonchev–Trinajstić information content (AvgIpc) is 2.32. The second-order valence-electron chi connectivity index (χ2n) is 0.183. The van der Waals surface area contributed by atoms with Crippen LogP contribution in [-0.2, 0) is 38.6 Å². The first-order valence-electron chi connectivity index (χ1n) is 1.65. The number of rotatable bonds is 0. The van der Waals surface area contributed by atoms with E-state index in [-0.39, 0.29) is 0 Å². The Labute approximate surface area is 85.7 Å². The molecule has 0 aliphatic heterocycles. The second-order valence-corrected chi connectivity index (χ2v) is 2.26. The zero-order chi connectivity index (χ0) is 12.7. The zero-order valence-corrected chi connectivity index (χ0v) is 8.57. The van der Waals surface area contributed by atoms with Crippen LogP contribution in [0.3, 0.4) is 0 Å². The Morgan fingerprint density at radius 2 is 0.692 bits per heavy atom. The van der Waals surface area contributed by atoms with Crippen molar-refractivity contribution in [1.29, 1.82) is 0 Å². The van der Waals surface area contributed by atoms with Crippen LogP contribution in [0.15, 0.2) is 0 Å². The molecule has 0 rings (SSSR count). The number of hydrogen-bond acceptors (Lipinski definition) is 0. The summed E-state index contributed by atoms with van der Waals surface area (Å²) in [5.41, 5.74) is 0. The van der Waals surface area contributed by atoms with Crippen LogP contribution in [0.5, 0.6) is 0 Å². The van der Waals surface area contributed by atoms with Crippen molar-refractivity contribution in [2.45, 2.75) is 0 Å². The van der Waals surface area contributed by atoms with Crippen LogP contribution >= 0.6 is 6.78 Å². The standard InChI is InChI=1S/5CO.CH3P.Cr/c6*1-2;/h;;;;;1H3;. The van der Waals surface area contributed by atoms with E-state index in [2.05, 4.69) is 48.6 Å². The fourth-order valence-corrected chi connectivity index (χ4v) is 0. The molecule has 0 aromatic carbocycles. The Bertz CT molecular complexity index is 111. The van der Waals surface area contributed by atoms with Gasteiger partial charge in [-0.1, -0.05) is 0 Å². The van der Waals surface area contributed by atoms with E-state index in [1.54, 1.807) is 0 Å². The van der Waals surface area contributed by atoms with Crippen molar-refractivity contribution in [3.05, 3.63) is 33.3 Å². The molecule has 13 heavy (non-hydrogen) atoms. The van der Waals surface area contributed by atoms with Crippen molar-refractivity contribution in [2.75, 3.05) is 6.66 Å². The molecule has 0 saturated carbocycles. The Morgan fingerprint density at radius 1 is 0.692 bits per heavy atom. The van der Waals surface area contributed by atoms with Crippen molar-refractivity contribution in [3.8, 4) is 0 Å². The first kappa shape index (κ1) is 39.1. The molecule has 5 nitrogen and oxygen atoms in total. The Morgan fingerprint density at radius 3 is 0.692 bits per heavy atom. The van der Waals surface area contributed by atoms with E-state index >= 15 is 0 Å². The van der Waals surface area contributed by atoms with Gasteiger partial charge in [-0.25, -0.2) is 0 Å². The predicted molar refractivity (Wildman–Crippen MR) is 32.5 cm³/mol. The molecule has 0 aliphatic rings. The fraction of sp³-hybridized carbons (Fsp3) is 0.167. The summed E-state index contributed by atoms with van der Waals surface area (Å²) in [5.74, 6) is 0. The van der Waals surface area contributed by atoms with Gasteiger partial charge in [-0.3, -0.25) is 0 Å². The molecule has 0 atom stereocenters. The molecule has 7 heteroatoms. The first-order valence-corrected chi connectivity index (χ1v) is 4.62. The van der Waals surface area contributed by atoms with Crippen molar-refractivity contribution in [2.24, 2.45) is 0 Å². The minimum absolute atomic E-state index is 1.29. The molecule has 0 unspecified atom stereocenters. The summed E-state index contributed by atoms with van der Waals surface area (Å²) >= 11 is 2.78. The van der Waals surface area contributed by atoms with Crippen LogP contribution < -0.4 is 0 Å². The van der Waals surface area contributed by atoms with Crippen LogP contribution in [0, 0.1) is 33.3 Å². The van der Waals surface area contributed by atoms with Crippen molar-refractivity contribution >= 4 is 6.78 Å². The molecule has 0 fully saturated rings. The third-order valence-corrected chi connectivity index (χ3v) is 0. The molecule has 0 aromatic heterocycles. The molecule has 0 amide bonds. The maximum absolute atomic E-state index is 7.50. The third kappa shape index (κ3) is 4790. The van der Waals surface area contributed by atoms with Gasteiger partial charge in [-0.2, -0.15) is 0 Å². The monoisotopic (exact) mass is 238 g/mol. The van der Waals surface area contributed by atoms with Gasteiger partial charge >= 0.3 is 85.3 Å². The van der Waals surface area contributed by atoms with Gasteiger partial charge in [-0.05, 0) is 0 Å². The van der Waals surface area contributed by atoms with Gasteiger partial charge in [0.2, 0.25) is 0 Å². The van der Waals surface area contributed by atoms with Crippen molar-refractivity contribution in [1.82, 2.24) is 0 Å². The maximum atomic E-state index is 7.50. The van der Waals surface area contributed by atoms with E-state index < -0.39 is 0 Å². The summed E-state index contributed by atoms with van der Waals surface area (Å²) in [4.78, 5) is 0. The zero-order valence-electron chi connectivity index (χ0n) is 6.40. The van der Waals surface area contributed by atoms with Gasteiger partial charge < -0.3 is 0 Å². The molecular weight excluding hydrogens is 235 g/mol. The van der Waals surface area contributed by atoms with E-state index in [9.17, 15) is 0 Å². The van der Waals surface area contributed by atoms with E-state index in [0.29, 0.717) is 0 Å². The van der Waals surface area contributed by atoms with Crippen molar-refractivity contribution in [3.63, 3.8) is 0 Å². The quantitative estimate of drug-likeness (QED) is 0.339. The molecule has 0 saturated heterocycles. The van der Waals surface area contributed by atoms with Crippen molar-refractivity contribution < 1.29 is 38.6 Å². The van der Waals surface area contributed by atoms with Gasteiger partial charge in [0, 0.05) is 0 Å². The first-order chi connectivity index (χ1) is 6.41. The predicted octanol–water partition coefficient (Wildman–Crippen LogP) is 0.837. The molecule has 0 spiro atoms. The van der Waals surface area contributed by atoms with Gasteiger partial charge in [0.05, 0.1) is 0 Å². The molecule has 0 N–H and O–H groups in total. The van der Waals surface area contributed by atoms with E-state index in [1.165, 1.54) is 6.78 Å². The average molecular weight is 238 g/mol. The summed E-state index contributed by atoms with van der Waals surface area (Å²) in [7, 11) is 0. The Kier molecular flexibility index (Phi) is 13600. The molecule has 0 bridgehead atoms. The molecule has 0 aliphatic carbocycles. The molecule has 68 valence electrons. The van der Waals surface area contributed by atoms with E-state index in [0.717, 1.165) is 0 Å². The Hall–Kier alpha value is -0.468. The molecule has 0 radical (unpaired) electrons. The topological polar surface area (TPSA) is 99.5 Å². The SMILES string of the molecule is C[P]=[Cr].[C-]#[O+].[C-]#[O+].[C-]#[O+].[C-]#[O+].[C-]#[O+]. The van der Waals surface area contributed by atoms with Gasteiger partial charge in [0.25, 0.3) is 0 Å². The van der Waals surface area contributed by atoms with Crippen LogP contribution in [-0.4, -0.2) is 6.66 Å². The van der Waals surface area contributed by atoms with Gasteiger partial charge in [-0.15, -0.1) is 0 Å². The normalized spacial score (nSPS) is 2.38. The van der Waals surface area contributed by atoms with Gasteiger partial charge in [0.1, 0.15) is 0 Å². The van der Waals surface area contributed by atoms with E-state index in [4.69, 9.17) is 23.3 Å². The van der Waals surface area contributed by atoms with Crippen LogP contribution in [0.25, 0.3) is 0 Å². The van der Waals surface area contributed by atoms with Crippen LogP contribution in [0.2, 0.25) is 0 Å². The van der Waals surface area contributed by atoms with Crippen LogP contribution in [0.4, 0.5) is 0 Å². The van der Waals surface area contributed by atoms with Crippen LogP contribution in [0.1, 0.15) is 0 Å². The molecule has 0 aromatic rings. The summed E-state index contributed by atoms with van der Waals surface area (Å²) in [6, 6.07) is 0. The summed E-state index contributed by atoms with van der Waals surface area (Å²) in [5, 5.41) is 0. The Balaban J connectivity index is -0.0000000115. The van der Waals surface area contributed by atoms with E-state index in [1.807, 2.05) is 6.66 Å². The second kappa shape index (κ2) is 4510. The summed E-state index contributed by atoms with van der Waals surface area (Å²) < 4.78 is 37.5. The summed E-state index contributed by atoms with van der Waals surface area (Å²) in [6.45, 7) is 25.8. The number of hydrogen-bond donors (Lipinski definition) is 0. The van der Waals surface area contributed by atoms with Gasteiger partial charge in [0.15, 0.2) is 0 Å². The molecular formula is C6H3CrO5P. The fourth-order valence-electron chi connectivity index (χ4n) is 0.